The number of nitrogens with one attached hydrogen (secondary N) is 4. The molecule has 0 radical (unpaired) electrons. The van der Waals surface area contributed by atoms with Gasteiger partial charge < -0.3 is 32.7 Å². The molecule has 4 aromatic rings. The van der Waals surface area contributed by atoms with Gasteiger partial charge in [0, 0.05) is 17.5 Å². The molecule has 5 amide bonds. The molecule has 4 bridgehead atoms. The summed E-state index contributed by atoms with van der Waals surface area (Å²) in [6.07, 6.45) is 3.74. The summed E-state index contributed by atoms with van der Waals surface area (Å²) in [5.74, 6) is -2.12. The Morgan fingerprint density at radius 2 is 1.64 bits per heavy atom. The van der Waals surface area contributed by atoms with Gasteiger partial charge in [-0.3, -0.25) is 24.0 Å². The lowest BCUT2D eigenvalue weighted by Crippen LogP contribution is -2.49. The number of nitrogens with zero attached hydrogens (tertiary/aromatic N) is 2. The molecular weight excluding hydrogens is 697 g/mol. The van der Waals surface area contributed by atoms with Crippen LogP contribution in [0.4, 0.5) is 5.69 Å². The van der Waals surface area contributed by atoms with Crippen LogP contribution in [-0.4, -0.2) is 64.7 Å². The molecule has 2 aliphatic rings. The molecule has 286 valence electrons. The van der Waals surface area contributed by atoms with Crippen molar-refractivity contribution in [3.63, 3.8) is 0 Å². The fourth-order valence-electron chi connectivity index (χ4n) is 7.37. The second kappa shape index (κ2) is 16.2. The van der Waals surface area contributed by atoms with Gasteiger partial charge in [-0.1, -0.05) is 61.5 Å². The third kappa shape index (κ3) is 8.73. The van der Waals surface area contributed by atoms with Crippen LogP contribution in [0, 0.1) is 20.8 Å². The molecule has 6 rings (SSSR count). The van der Waals surface area contributed by atoms with Gasteiger partial charge in [-0.25, -0.2) is 9.97 Å². The second-order valence-electron chi connectivity index (χ2n) is 14.6. The molecule has 8 N–H and O–H groups in total. The lowest BCUT2D eigenvalue weighted by atomic mass is 9.92. The van der Waals surface area contributed by atoms with E-state index in [0.29, 0.717) is 50.7 Å². The monoisotopic (exact) mass is 744 g/mol. The van der Waals surface area contributed by atoms with Crippen LogP contribution in [-0.2, 0) is 37.4 Å². The molecule has 2 heterocycles. The number of hydrogen-bond acceptors (Lipinski definition) is 8. The SMILES string of the molecule is CCC1(c2ccc(-c3nc(C)c(C(=O)N[C@@H](CCN)C(=O)Nc4c(C)cc5cc4-c4cccc(c4)CC(=O)NCC(=O)NC(C(N)=O)C5)c(C)n3)cc2)CC1. The highest BCUT2D eigenvalue weighted by atomic mass is 16.2. The number of carbonyl (C=O) groups excluding carboxylic acids is 5. The third-order valence-corrected chi connectivity index (χ3v) is 10.7. The van der Waals surface area contributed by atoms with Crippen molar-refractivity contribution < 1.29 is 24.0 Å². The van der Waals surface area contributed by atoms with E-state index in [0.717, 1.165) is 12.0 Å². The number of hydrogen-bond donors (Lipinski definition) is 6. The van der Waals surface area contributed by atoms with Crippen LogP contribution in [0.25, 0.3) is 22.5 Å². The molecule has 13 heteroatoms. The number of aromatic nitrogens is 2. The van der Waals surface area contributed by atoms with Gasteiger partial charge in [-0.05, 0) is 92.3 Å². The maximum absolute atomic E-state index is 14.1. The van der Waals surface area contributed by atoms with E-state index < -0.39 is 35.7 Å². The van der Waals surface area contributed by atoms with Crippen molar-refractivity contribution in [3.8, 4) is 22.5 Å². The normalized spacial score (nSPS) is 16.9. The first kappa shape index (κ1) is 38.8. The molecule has 1 aliphatic heterocycles. The molecule has 1 unspecified atom stereocenters. The van der Waals surface area contributed by atoms with Gasteiger partial charge in [-0.2, -0.15) is 0 Å². The fraction of sp³-hybridized carbons (Fsp3) is 0.357. The fourth-order valence-corrected chi connectivity index (χ4v) is 7.37. The standard InChI is InChI=1S/C42H48N8O5/c1-5-42(14-15-42)30-11-9-28(10-12-30)39-46-24(3)36(25(4)47-39)41(55)49-32(13-16-43)40(54)50-37-23(2)17-27-19-31(37)29-8-6-7-26(18-29)21-34(51)45-22-35(52)48-33(20-27)38(44)53/h6-12,17-19,32-33H,5,13-16,20-22,43H2,1-4H3,(H2,44,53)(H,45,51)(H,48,52)(H,49,55)(H,50,54)/t32-,33?/m0/s1. The van der Waals surface area contributed by atoms with Crippen LogP contribution in [0.15, 0.2) is 60.7 Å². The highest BCUT2D eigenvalue weighted by molar-refractivity contribution is 6.04. The van der Waals surface area contributed by atoms with E-state index in [1.54, 1.807) is 26.0 Å². The van der Waals surface area contributed by atoms with Gasteiger partial charge in [0.1, 0.15) is 12.1 Å². The Hall–Kier alpha value is -5.95. The molecule has 13 nitrogen and oxygen atoms in total. The Bertz CT molecular complexity index is 2140. The van der Waals surface area contributed by atoms with Crippen molar-refractivity contribution in [2.24, 2.45) is 11.5 Å². The van der Waals surface area contributed by atoms with Crippen LogP contribution >= 0.6 is 0 Å². The Labute approximate surface area is 320 Å². The summed E-state index contributed by atoms with van der Waals surface area (Å²) in [4.78, 5) is 74.9. The molecule has 1 aromatic heterocycles. The van der Waals surface area contributed by atoms with Crippen molar-refractivity contribution >= 4 is 35.2 Å². The summed E-state index contributed by atoms with van der Waals surface area (Å²) in [5, 5.41) is 11.1. The summed E-state index contributed by atoms with van der Waals surface area (Å²) in [6.45, 7) is 7.35. The van der Waals surface area contributed by atoms with Crippen molar-refractivity contribution in [1.29, 1.82) is 0 Å². The molecule has 0 spiro atoms. The largest absolute Gasteiger partial charge is 0.368 e. The van der Waals surface area contributed by atoms with Crippen LogP contribution in [0.2, 0.25) is 0 Å². The molecule has 0 saturated heterocycles. The Balaban J connectivity index is 1.27. The summed E-state index contributed by atoms with van der Waals surface area (Å²) in [7, 11) is 0. The second-order valence-corrected chi connectivity index (χ2v) is 14.6. The number of aryl methyl sites for hydroxylation is 3. The number of benzene rings is 3. The van der Waals surface area contributed by atoms with Crippen molar-refractivity contribution in [3.05, 3.63) is 99.9 Å². The van der Waals surface area contributed by atoms with E-state index in [4.69, 9.17) is 11.5 Å². The van der Waals surface area contributed by atoms with Gasteiger partial charge in [0.25, 0.3) is 5.91 Å². The summed E-state index contributed by atoms with van der Waals surface area (Å²) >= 11 is 0. The molecule has 1 aliphatic carbocycles. The minimum atomic E-state index is -1.04. The van der Waals surface area contributed by atoms with E-state index in [-0.39, 0.29) is 49.2 Å². The number of primary amides is 1. The zero-order valence-electron chi connectivity index (χ0n) is 31.7. The van der Waals surface area contributed by atoms with Gasteiger partial charge in [0.05, 0.1) is 35.6 Å². The maximum atomic E-state index is 14.1. The first-order chi connectivity index (χ1) is 26.3. The molecular formula is C42H48N8O5. The highest BCUT2D eigenvalue weighted by Gasteiger charge is 2.42. The van der Waals surface area contributed by atoms with Crippen LogP contribution < -0.4 is 32.7 Å². The van der Waals surface area contributed by atoms with Crippen LogP contribution in [0.5, 0.6) is 0 Å². The summed E-state index contributed by atoms with van der Waals surface area (Å²) < 4.78 is 0. The summed E-state index contributed by atoms with van der Waals surface area (Å²) in [5.41, 5.74) is 19.1. The van der Waals surface area contributed by atoms with Crippen molar-refractivity contribution in [2.45, 2.75) is 83.7 Å². The van der Waals surface area contributed by atoms with Gasteiger partial charge in [0.15, 0.2) is 5.82 Å². The number of fused-ring (bicyclic) bond motifs is 5. The van der Waals surface area contributed by atoms with E-state index in [9.17, 15) is 24.0 Å². The minimum Gasteiger partial charge on any atom is -0.368 e. The number of nitrogens with two attached hydrogens (primary N) is 2. The zero-order chi connectivity index (χ0) is 39.4. The minimum absolute atomic E-state index is 0.000728. The number of anilines is 1. The smallest absolute Gasteiger partial charge is 0.255 e. The first-order valence-electron chi connectivity index (χ1n) is 18.7. The van der Waals surface area contributed by atoms with E-state index in [2.05, 4.69) is 50.3 Å². The van der Waals surface area contributed by atoms with Crippen molar-refractivity contribution in [2.75, 3.05) is 18.4 Å². The van der Waals surface area contributed by atoms with E-state index in [1.807, 2.05) is 43.3 Å². The molecule has 55 heavy (non-hydrogen) atoms. The predicted octanol–water partition coefficient (Wildman–Crippen LogP) is 3.45. The van der Waals surface area contributed by atoms with Crippen LogP contribution in [0.1, 0.15) is 76.6 Å². The van der Waals surface area contributed by atoms with Crippen LogP contribution in [0.3, 0.4) is 0 Å². The lowest BCUT2D eigenvalue weighted by Gasteiger charge is -2.23. The number of carbonyl (C=O) groups is 5. The van der Waals surface area contributed by atoms with Crippen molar-refractivity contribution in [1.82, 2.24) is 25.9 Å². The summed E-state index contributed by atoms with van der Waals surface area (Å²) in [6, 6.07) is 17.2. The maximum Gasteiger partial charge on any atom is 0.255 e. The Morgan fingerprint density at radius 3 is 2.27 bits per heavy atom. The number of amides is 5. The molecule has 3 aromatic carbocycles. The van der Waals surface area contributed by atoms with Gasteiger partial charge >= 0.3 is 0 Å². The zero-order valence-corrected chi connectivity index (χ0v) is 31.7. The molecule has 1 fully saturated rings. The average Bonchev–Trinajstić information content (AvgIpc) is 3.95. The van der Waals surface area contributed by atoms with E-state index >= 15 is 0 Å². The number of rotatable bonds is 10. The highest BCUT2D eigenvalue weighted by Crippen LogP contribution is 2.51. The lowest BCUT2D eigenvalue weighted by molar-refractivity contribution is -0.128. The predicted molar refractivity (Wildman–Crippen MR) is 210 cm³/mol. The Morgan fingerprint density at radius 1 is 0.927 bits per heavy atom. The van der Waals surface area contributed by atoms with Gasteiger partial charge in [0.2, 0.25) is 23.6 Å². The first-order valence-corrected chi connectivity index (χ1v) is 18.7. The topological polar surface area (TPSA) is 211 Å². The van der Waals surface area contributed by atoms with Gasteiger partial charge in [-0.15, -0.1) is 0 Å². The molecule has 1 saturated carbocycles. The average molecular weight is 745 g/mol. The Kier molecular flexibility index (Phi) is 11.4. The molecule has 2 atom stereocenters. The third-order valence-electron chi connectivity index (χ3n) is 10.7. The quantitative estimate of drug-likeness (QED) is 0.141. The van der Waals surface area contributed by atoms with E-state index in [1.165, 1.54) is 18.4 Å².